The van der Waals surface area contributed by atoms with Crippen molar-refractivity contribution in [3.8, 4) is 22.4 Å². The molecule has 0 fully saturated rings. The number of benzene rings is 4. The summed E-state index contributed by atoms with van der Waals surface area (Å²) in [6.07, 6.45) is 0. The predicted octanol–water partition coefficient (Wildman–Crippen LogP) is 6.19. The fraction of sp³-hybridized carbons (Fsp3) is 0. The Morgan fingerprint density at radius 1 is 0.542 bits per heavy atom. The normalized spacial score (nSPS) is 12.2. The molecule has 0 saturated carbocycles. The van der Waals surface area contributed by atoms with E-state index >= 15 is 0 Å². The molecule has 0 saturated heterocycles. The molecule has 1 nitrogen and oxygen atoms in total. The minimum atomic E-state index is 1.07. The van der Waals surface area contributed by atoms with E-state index in [0.717, 1.165) is 11.2 Å². The largest absolute Gasteiger partial charge is 0.247 e. The van der Waals surface area contributed by atoms with E-state index in [4.69, 9.17) is 4.98 Å². The maximum atomic E-state index is 5.05. The van der Waals surface area contributed by atoms with Crippen molar-refractivity contribution in [2.75, 3.05) is 0 Å². The molecule has 0 spiro atoms. The van der Waals surface area contributed by atoms with Crippen LogP contribution in [0.2, 0.25) is 0 Å². The van der Waals surface area contributed by atoms with E-state index in [9.17, 15) is 0 Å². The zero-order chi connectivity index (χ0) is 15.7. The van der Waals surface area contributed by atoms with Crippen LogP contribution in [0.1, 0.15) is 0 Å². The lowest BCUT2D eigenvalue weighted by Gasteiger charge is -2.07. The quantitative estimate of drug-likeness (QED) is 0.305. The zero-order valence-electron chi connectivity index (χ0n) is 13.0. The lowest BCUT2D eigenvalue weighted by molar-refractivity contribution is 1.43. The molecule has 1 aromatic heterocycles. The number of nitrogens with zero attached hydrogens (tertiary/aromatic N) is 1. The SMILES string of the molecule is c1cc2c3c(cccc3c1)-c1nc3ccc4ccccc4c3cc1-2. The third-order valence-corrected chi connectivity index (χ3v) is 5.17. The highest BCUT2D eigenvalue weighted by Gasteiger charge is 2.23. The molecular formula is C23H13N. The minimum absolute atomic E-state index is 1.07. The molecule has 0 radical (unpaired) electrons. The van der Waals surface area contributed by atoms with Gasteiger partial charge in [-0.15, -0.1) is 0 Å². The number of fused-ring (bicyclic) bond motifs is 6. The molecule has 0 unspecified atom stereocenters. The summed E-state index contributed by atoms with van der Waals surface area (Å²) in [5.41, 5.74) is 6.00. The lowest BCUT2D eigenvalue weighted by atomic mass is 10.0. The Balaban J connectivity index is 1.83. The van der Waals surface area contributed by atoms with Crippen LogP contribution in [0.5, 0.6) is 0 Å². The molecule has 1 heterocycles. The van der Waals surface area contributed by atoms with Crippen molar-refractivity contribution in [2.45, 2.75) is 0 Å². The molecule has 0 amide bonds. The number of pyridine rings is 1. The Bertz CT molecular complexity index is 1290. The van der Waals surface area contributed by atoms with Crippen LogP contribution in [0, 0.1) is 0 Å². The van der Waals surface area contributed by atoms with E-state index < -0.39 is 0 Å². The summed E-state index contributed by atoms with van der Waals surface area (Å²) in [7, 11) is 0. The summed E-state index contributed by atoms with van der Waals surface area (Å²) >= 11 is 0. The molecule has 0 atom stereocenters. The maximum Gasteiger partial charge on any atom is 0.0794 e. The van der Waals surface area contributed by atoms with Crippen LogP contribution in [0.3, 0.4) is 0 Å². The Hall–Kier alpha value is -3.19. The van der Waals surface area contributed by atoms with Crippen LogP contribution in [-0.4, -0.2) is 4.98 Å². The minimum Gasteiger partial charge on any atom is -0.247 e. The maximum absolute atomic E-state index is 5.05. The van der Waals surface area contributed by atoms with E-state index in [0.29, 0.717) is 0 Å². The summed E-state index contributed by atoms with van der Waals surface area (Å²) in [4.78, 5) is 5.05. The molecular weight excluding hydrogens is 290 g/mol. The van der Waals surface area contributed by atoms with Gasteiger partial charge in [0.05, 0.1) is 11.2 Å². The Labute approximate surface area is 139 Å². The van der Waals surface area contributed by atoms with Gasteiger partial charge in [-0.25, -0.2) is 4.98 Å². The average Bonchev–Trinajstić information content (AvgIpc) is 2.96. The smallest absolute Gasteiger partial charge is 0.0794 e. The van der Waals surface area contributed by atoms with Crippen LogP contribution in [0.15, 0.2) is 78.9 Å². The monoisotopic (exact) mass is 303 g/mol. The summed E-state index contributed by atoms with van der Waals surface area (Å²) in [5, 5.41) is 6.39. The van der Waals surface area contributed by atoms with E-state index in [-0.39, 0.29) is 0 Å². The van der Waals surface area contributed by atoms with Crippen LogP contribution < -0.4 is 0 Å². The number of rotatable bonds is 0. The van der Waals surface area contributed by atoms with Gasteiger partial charge in [0.25, 0.3) is 0 Å². The molecule has 1 aliphatic carbocycles. The van der Waals surface area contributed by atoms with Gasteiger partial charge in [0.15, 0.2) is 0 Å². The van der Waals surface area contributed by atoms with Gasteiger partial charge in [0, 0.05) is 16.5 Å². The number of aromatic nitrogens is 1. The first kappa shape index (κ1) is 12.3. The van der Waals surface area contributed by atoms with Gasteiger partial charge in [-0.2, -0.15) is 0 Å². The first-order chi connectivity index (χ1) is 11.9. The third kappa shape index (κ3) is 1.42. The average molecular weight is 303 g/mol. The first-order valence-corrected chi connectivity index (χ1v) is 8.25. The van der Waals surface area contributed by atoms with Crippen LogP contribution in [-0.2, 0) is 0 Å². The fourth-order valence-electron chi connectivity index (χ4n) is 4.10. The van der Waals surface area contributed by atoms with Gasteiger partial charge >= 0.3 is 0 Å². The topological polar surface area (TPSA) is 12.9 Å². The Morgan fingerprint density at radius 3 is 2.25 bits per heavy atom. The van der Waals surface area contributed by atoms with Gasteiger partial charge in [-0.1, -0.05) is 66.7 Å². The van der Waals surface area contributed by atoms with Crippen molar-refractivity contribution < 1.29 is 0 Å². The second kappa shape index (κ2) is 4.21. The standard InChI is InChI=1S/C23H13N/c1-2-8-16-14(5-1)11-12-21-19(16)13-20-17-9-3-6-15-7-4-10-18(22(15)17)23(20)24-21/h1-13H. The summed E-state index contributed by atoms with van der Waals surface area (Å²) in [6, 6.07) is 28.2. The van der Waals surface area contributed by atoms with Gasteiger partial charge in [0.1, 0.15) is 0 Å². The molecule has 110 valence electrons. The van der Waals surface area contributed by atoms with Gasteiger partial charge in [-0.3, -0.25) is 0 Å². The Morgan fingerprint density at radius 2 is 1.33 bits per heavy atom. The highest BCUT2D eigenvalue weighted by molar-refractivity contribution is 6.17. The highest BCUT2D eigenvalue weighted by atomic mass is 14.7. The second-order valence-corrected chi connectivity index (χ2v) is 6.45. The highest BCUT2D eigenvalue weighted by Crippen LogP contribution is 2.47. The van der Waals surface area contributed by atoms with Crippen LogP contribution in [0.4, 0.5) is 0 Å². The molecule has 5 aromatic rings. The molecule has 0 aliphatic heterocycles. The first-order valence-electron chi connectivity index (χ1n) is 8.25. The summed E-state index contributed by atoms with van der Waals surface area (Å²) in [5.74, 6) is 0. The molecule has 6 rings (SSSR count). The molecule has 1 heteroatoms. The van der Waals surface area contributed by atoms with Crippen molar-refractivity contribution >= 4 is 32.4 Å². The van der Waals surface area contributed by atoms with E-state index in [1.165, 1.54) is 43.6 Å². The zero-order valence-corrected chi connectivity index (χ0v) is 13.0. The molecule has 4 aromatic carbocycles. The van der Waals surface area contributed by atoms with Crippen molar-refractivity contribution in [1.82, 2.24) is 4.98 Å². The number of hydrogen-bond donors (Lipinski definition) is 0. The Kier molecular flexibility index (Phi) is 2.15. The van der Waals surface area contributed by atoms with Gasteiger partial charge in [0.2, 0.25) is 0 Å². The third-order valence-electron chi connectivity index (χ3n) is 5.17. The van der Waals surface area contributed by atoms with Gasteiger partial charge in [-0.05, 0) is 39.2 Å². The van der Waals surface area contributed by atoms with Crippen molar-refractivity contribution in [3.05, 3.63) is 78.9 Å². The predicted molar refractivity (Wildman–Crippen MR) is 101 cm³/mol. The van der Waals surface area contributed by atoms with E-state index in [1.807, 2.05) is 0 Å². The summed E-state index contributed by atoms with van der Waals surface area (Å²) in [6.45, 7) is 0. The van der Waals surface area contributed by atoms with E-state index in [1.54, 1.807) is 0 Å². The molecule has 24 heavy (non-hydrogen) atoms. The van der Waals surface area contributed by atoms with Gasteiger partial charge < -0.3 is 0 Å². The lowest BCUT2D eigenvalue weighted by Crippen LogP contribution is -1.86. The van der Waals surface area contributed by atoms with Crippen LogP contribution in [0.25, 0.3) is 54.8 Å². The molecule has 0 bridgehead atoms. The van der Waals surface area contributed by atoms with Crippen molar-refractivity contribution in [1.29, 1.82) is 0 Å². The van der Waals surface area contributed by atoms with Crippen molar-refractivity contribution in [3.63, 3.8) is 0 Å². The summed E-state index contributed by atoms with van der Waals surface area (Å²) < 4.78 is 0. The van der Waals surface area contributed by atoms with Crippen LogP contribution >= 0.6 is 0 Å². The second-order valence-electron chi connectivity index (χ2n) is 6.45. The van der Waals surface area contributed by atoms with Crippen molar-refractivity contribution in [2.24, 2.45) is 0 Å². The molecule has 0 N–H and O–H groups in total. The fourth-order valence-corrected chi connectivity index (χ4v) is 4.10. The van der Waals surface area contributed by atoms with E-state index in [2.05, 4.69) is 78.9 Å². The molecule has 1 aliphatic rings. The number of hydrogen-bond acceptors (Lipinski definition) is 1.